The van der Waals surface area contributed by atoms with E-state index in [9.17, 15) is 13.5 Å². The fourth-order valence-corrected chi connectivity index (χ4v) is 6.19. The van der Waals surface area contributed by atoms with Crippen LogP contribution in [0.5, 0.6) is 5.75 Å². The average molecular weight is 505 g/mol. The van der Waals surface area contributed by atoms with Gasteiger partial charge in [0.05, 0.1) is 29.8 Å². The molecule has 0 radical (unpaired) electrons. The number of primary sulfonamides is 1. The van der Waals surface area contributed by atoms with Gasteiger partial charge in [-0.3, -0.25) is 0 Å². The number of nitrogens with zero attached hydrogens (tertiary/aromatic N) is 1. The van der Waals surface area contributed by atoms with Crippen LogP contribution in [0, 0.1) is 11.8 Å². The maximum absolute atomic E-state index is 12.1. The highest BCUT2D eigenvalue weighted by molar-refractivity contribution is 7.89. The molecule has 1 aliphatic carbocycles. The van der Waals surface area contributed by atoms with E-state index in [-0.39, 0.29) is 23.3 Å². The van der Waals surface area contributed by atoms with E-state index in [4.69, 9.17) is 26.2 Å². The Morgan fingerprint density at radius 3 is 2.82 bits per heavy atom. The second-order valence-corrected chi connectivity index (χ2v) is 11.5. The summed E-state index contributed by atoms with van der Waals surface area (Å²) in [6, 6.07) is 10.5. The van der Waals surface area contributed by atoms with Crippen molar-refractivity contribution in [2.24, 2.45) is 17.0 Å². The molecule has 34 heavy (non-hydrogen) atoms. The van der Waals surface area contributed by atoms with Crippen LogP contribution in [0.2, 0.25) is 5.02 Å². The van der Waals surface area contributed by atoms with Crippen molar-refractivity contribution in [2.45, 2.75) is 35.9 Å². The van der Waals surface area contributed by atoms with Gasteiger partial charge >= 0.3 is 0 Å². The summed E-state index contributed by atoms with van der Waals surface area (Å²) in [6.45, 7) is 5.64. The van der Waals surface area contributed by atoms with E-state index < -0.39 is 21.7 Å². The molecule has 0 bridgehead atoms. The molecule has 1 fully saturated rings. The monoisotopic (exact) mass is 504 g/mol. The zero-order valence-corrected chi connectivity index (χ0v) is 20.4. The van der Waals surface area contributed by atoms with Crippen LogP contribution < -0.4 is 14.8 Å². The molecule has 1 spiro atoms. The Labute approximate surface area is 205 Å². The highest BCUT2D eigenvalue weighted by atomic mass is 35.5. The molecule has 2 heterocycles. The van der Waals surface area contributed by atoms with E-state index >= 15 is 0 Å². The summed E-state index contributed by atoms with van der Waals surface area (Å²) in [6.07, 6.45) is 3.67. The van der Waals surface area contributed by atoms with Crippen LogP contribution in [0.1, 0.15) is 24.0 Å². The topological polar surface area (TPSA) is 102 Å². The van der Waals surface area contributed by atoms with Gasteiger partial charge in [-0.2, -0.15) is 0 Å². The average Bonchev–Trinajstić information content (AvgIpc) is 2.93. The van der Waals surface area contributed by atoms with E-state index in [0.717, 1.165) is 30.4 Å². The Balaban J connectivity index is 1.57. The van der Waals surface area contributed by atoms with Crippen molar-refractivity contribution < 1.29 is 23.0 Å². The zero-order valence-electron chi connectivity index (χ0n) is 18.8. The quantitative estimate of drug-likeness (QED) is 0.606. The number of hydrogen-bond acceptors (Lipinski definition) is 6. The third kappa shape index (κ3) is 4.22. The van der Waals surface area contributed by atoms with Gasteiger partial charge in [0, 0.05) is 11.6 Å². The van der Waals surface area contributed by atoms with Crippen molar-refractivity contribution in [3.63, 3.8) is 0 Å². The summed E-state index contributed by atoms with van der Waals surface area (Å²) in [7, 11) is -3.89. The zero-order chi connectivity index (χ0) is 24.1. The second-order valence-electron chi connectivity index (χ2n) is 9.47. The maximum atomic E-state index is 12.1. The number of anilines is 1. The number of rotatable bonds is 5. The number of benzene rings is 2. The van der Waals surface area contributed by atoms with Crippen molar-refractivity contribution in [1.82, 2.24) is 0 Å². The molecule has 9 heteroatoms. The molecule has 0 amide bonds. The molecule has 2 aromatic carbocycles. The van der Waals surface area contributed by atoms with E-state index in [0.29, 0.717) is 36.2 Å². The van der Waals surface area contributed by atoms with Crippen molar-refractivity contribution in [3.05, 3.63) is 65.2 Å². The van der Waals surface area contributed by atoms with Crippen molar-refractivity contribution in [2.75, 3.05) is 31.2 Å². The number of aliphatic hydroxyl groups excluding tert-OH is 1. The van der Waals surface area contributed by atoms with E-state index in [1.165, 1.54) is 6.07 Å². The number of sulfonamides is 1. The number of halogens is 1. The fraction of sp³-hybridized carbons (Fsp3) is 0.440. The summed E-state index contributed by atoms with van der Waals surface area (Å²) in [4.78, 5) is 2.16. The highest BCUT2D eigenvalue weighted by Gasteiger charge is 2.45. The lowest BCUT2D eigenvalue weighted by Crippen LogP contribution is -2.51. The van der Waals surface area contributed by atoms with Gasteiger partial charge in [-0.15, -0.1) is 6.58 Å². The first-order valence-electron chi connectivity index (χ1n) is 11.5. The summed E-state index contributed by atoms with van der Waals surface area (Å²) in [5, 5.41) is 16.5. The minimum Gasteiger partial charge on any atom is -0.488 e. The smallest absolute Gasteiger partial charge is 0.238 e. The molecule has 0 saturated heterocycles. The van der Waals surface area contributed by atoms with Crippen LogP contribution >= 0.6 is 11.6 Å². The molecule has 182 valence electrons. The molecule has 2 aliphatic heterocycles. The van der Waals surface area contributed by atoms with Crippen LogP contribution in [0.4, 0.5) is 5.69 Å². The molecular formula is C25H29ClN2O5S. The lowest BCUT2D eigenvalue weighted by Gasteiger charge is -2.45. The van der Waals surface area contributed by atoms with E-state index in [2.05, 4.69) is 11.5 Å². The van der Waals surface area contributed by atoms with Crippen molar-refractivity contribution in [3.8, 4) is 5.75 Å². The number of nitrogens with two attached hydrogens (primary N) is 1. The van der Waals surface area contributed by atoms with Crippen molar-refractivity contribution in [1.29, 1.82) is 0 Å². The Morgan fingerprint density at radius 2 is 2.12 bits per heavy atom. The predicted octanol–water partition coefficient (Wildman–Crippen LogP) is 3.23. The molecule has 0 unspecified atom stereocenters. The Bertz CT molecular complexity index is 1220. The van der Waals surface area contributed by atoms with Crippen LogP contribution in [0.3, 0.4) is 0 Å². The van der Waals surface area contributed by atoms with Crippen LogP contribution in [0.15, 0.2) is 53.9 Å². The summed E-state index contributed by atoms with van der Waals surface area (Å²) < 4.78 is 36.9. The van der Waals surface area contributed by atoms with Crippen LogP contribution in [-0.4, -0.2) is 45.9 Å². The molecule has 7 nitrogen and oxygen atoms in total. The molecule has 4 atom stereocenters. The first-order valence-corrected chi connectivity index (χ1v) is 13.4. The largest absolute Gasteiger partial charge is 0.488 e. The van der Waals surface area contributed by atoms with Crippen LogP contribution in [-0.2, 0) is 26.8 Å². The second kappa shape index (κ2) is 8.84. The molecular weight excluding hydrogens is 476 g/mol. The number of hydrogen-bond donors (Lipinski definition) is 2. The molecule has 3 aliphatic rings. The molecule has 0 aromatic heterocycles. The van der Waals surface area contributed by atoms with Crippen LogP contribution in [0.25, 0.3) is 0 Å². The van der Waals surface area contributed by atoms with Gasteiger partial charge in [0.25, 0.3) is 0 Å². The summed E-state index contributed by atoms with van der Waals surface area (Å²) >= 11 is 6.27. The Hall–Kier alpha value is -2.10. The molecule has 1 saturated carbocycles. The normalized spacial score (nSPS) is 27.1. The summed E-state index contributed by atoms with van der Waals surface area (Å²) in [5.74, 6) is 0.914. The molecule has 5 rings (SSSR count). The van der Waals surface area contributed by atoms with Gasteiger partial charge in [0.2, 0.25) is 10.0 Å². The van der Waals surface area contributed by atoms with Gasteiger partial charge in [0.15, 0.2) is 0 Å². The van der Waals surface area contributed by atoms with Gasteiger partial charge in [-0.25, -0.2) is 13.6 Å². The highest BCUT2D eigenvalue weighted by Crippen LogP contribution is 2.45. The Kier molecular flexibility index (Phi) is 6.14. The summed E-state index contributed by atoms with van der Waals surface area (Å²) in [5.41, 5.74) is 2.08. The first kappa shape index (κ1) is 23.6. The third-order valence-electron chi connectivity index (χ3n) is 7.43. The molecule has 3 N–H and O–H groups in total. The standard InChI is InChI=1S/C25H29ClN2O5S/c1-2-23(29)20-6-3-17(20)13-28-14-25(21-7-4-18(26)11-16(21)9-10-33-25)15-32-24-8-5-19(12-22(24)28)34(27,30)31/h2,4-5,7-8,11-12,17,20,23,29H,1,3,6,9-10,13-15H2,(H2,27,30,31)/t17-,20+,23-,25+/m0/s1. The van der Waals surface area contributed by atoms with Gasteiger partial charge in [-0.1, -0.05) is 23.7 Å². The van der Waals surface area contributed by atoms with Crippen molar-refractivity contribution >= 4 is 27.3 Å². The lowest BCUT2D eigenvalue weighted by molar-refractivity contribution is -0.0794. The number of aliphatic hydroxyl groups is 1. The third-order valence-corrected chi connectivity index (χ3v) is 8.57. The minimum atomic E-state index is -3.89. The minimum absolute atomic E-state index is 0.0313. The SMILES string of the molecule is C=C[C@H](O)[C@@H]1CC[C@H]1CN1C[C@]2(COc3ccc(S(N)(=O)=O)cc31)OCCc1cc(Cl)ccc12. The molecule has 2 aromatic rings. The Morgan fingerprint density at radius 1 is 1.29 bits per heavy atom. The number of fused-ring (bicyclic) bond motifs is 3. The van der Waals surface area contributed by atoms with E-state index in [1.807, 2.05) is 18.2 Å². The maximum Gasteiger partial charge on any atom is 0.238 e. The first-order chi connectivity index (χ1) is 16.2. The van der Waals surface area contributed by atoms with Gasteiger partial charge in [-0.05, 0) is 72.6 Å². The predicted molar refractivity (Wildman–Crippen MR) is 131 cm³/mol. The van der Waals surface area contributed by atoms with Gasteiger partial charge in [0.1, 0.15) is 18.0 Å². The fourth-order valence-electron chi connectivity index (χ4n) is 5.47. The number of ether oxygens (including phenoxy) is 2. The van der Waals surface area contributed by atoms with Gasteiger partial charge < -0.3 is 19.5 Å². The van der Waals surface area contributed by atoms with E-state index in [1.54, 1.807) is 18.2 Å². The lowest BCUT2D eigenvalue weighted by atomic mass is 9.70.